The molecule has 2 aromatic carbocycles. The lowest BCUT2D eigenvalue weighted by molar-refractivity contribution is -0.914. The normalized spacial score (nSPS) is 16.6. The quantitative estimate of drug-likeness (QED) is 0.864. The molecule has 0 aromatic heterocycles. The molecule has 0 bridgehead atoms. The summed E-state index contributed by atoms with van der Waals surface area (Å²) in [6, 6.07) is 20.6. The highest BCUT2D eigenvalue weighted by molar-refractivity contribution is 5.79. The maximum absolute atomic E-state index is 12.4. The summed E-state index contributed by atoms with van der Waals surface area (Å²) in [5.41, 5.74) is 2.42. The van der Waals surface area contributed by atoms with Gasteiger partial charge in [0, 0.05) is 12.2 Å². The van der Waals surface area contributed by atoms with Crippen LogP contribution in [0.2, 0.25) is 0 Å². The number of carbonyl (C=O) groups is 1. The van der Waals surface area contributed by atoms with Crippen molar-refractivity contribution in [3.63, 3.8) is 0 Å². The van der Waals surface area contributed by atoms with Gasteiger partial charge in [0.2, 0.25) is 0 Å². The van der Waals surface area contributed by atoms with Crippen LogP contribution in [0.5, 0.6) is 0 Å². The lowest BCUT2D eigenvalue weighted by Gasteiger charge is -2.36. The first-order valence-electron chi connectivity index (χ1n) is 8.70. The Balaban J connectivity index is 1.47. The van der Waals surface area contributed by atoms with E-state index in [1.807, 2.05) is 43.3 Å². The standard InChI is InChI=1S/C20H25N3O/c1-17(20(24)21-16-18-8-4-2-5-9-18)22-12-14-23(15-13-22)19-10-6-3-7-11-19/h2-11,17H,12-16H2,1H3,(H,21,24)/p+1/t17-/m0/s1. The van der Waals surface area contributed by atoms with E-state index in [9.17, 15) is 4.79 Å². The lowest BCUT2D eigenvalue weighted by atomic mass is 10.2. The number of nitrogens with one attached hydrogen (secondary N) is 2. The number of benzene rings is 2. The van der Waals surface area contributed by atoms with Crippen molar-refractivity contribution in [1.29, 1.82) is 0 Å². The van der Waals surface area contributed by atoms with Crippen molar-refractivity contribution in [2.45, 2.75) is 19.5 Å². The third-order valence-corrected chi connectivity index (χ3v) is 4.84. The minimum Gasteiger partial charge on any atom is -0.360 e. The Labute approximate surface area is 144 Å². The molecule has 1 atom stereocenters. The number of amides is 1. The van der Waals surface area contributed by atoms with Crippen LogP contribution in [0.15, 0.2) is 60.7 Å². The van der Waals surface area contributed by atoms with Crippen molar-refractivity contribution in [1.82, 2.24) is 5.32 Å². The molecule has 1 amide bonds. The fraction of sp³-hybridized carbons (Fsp3) is 0.350. The van der Waals surface area contributed by atoms with Gasteiger partial charge in [0.05, 0.1) is 26.2 Å². The van der Waals surface area contributed by atoms with E-state index in [0.29, 0.717) is 6.54 Å². The molecular formula is C20H26N3O+. The van der Waals surface area contributed by atoms with E-state index in [1.165, 1.54) is 10.6 Å². The van der Waals surface area contributed by atoms with Crippen LogP contribution in [0.3, 0.4) is 0 Å². The average Bonchev–Trinajstić information content (AvgIpc) is 2.67. The zero-order valence-corrected chi connectivity index (χ0v) is 14.2. The van der Waals surface area contributed by atoms with E-state index >= 15 is 0 Å². The molecule has 0 spiro atoms. The summed E-state index contributed by atoms with van der Waals surface area (Å²) in [6.45, 7) is 6.62. The number of piperazine rings is 1. The molecule has 1 saturated heterocycles. The van der Waals surface area contributed by atoms with Gasteiger partial charge < -0.3 is 15.1 Å². The van der Waals surface area contributed by atoms with E-state index in [2.05, 4.69) is 34.5 Å². The minimum atomic E-state index is -0.00774. The highest BCUT2D eigenvalue weighted by atomic mass is 16.2. The Bertz CT molecular complexity index is 636. The van der Waals surface area contributed by atoms with Gasteiger partial charge in [0.25, 0.3) is 5.91 Å². The van der Waals surface area contributed by atoms with Crippen LogP contribution in [-0.2, 0) is 11.3 Å². The lowest BCUT2D eigenvalue weighted by Crippen LogP contribution is -3.19. The molecule has 126 valence electrons. The first kappa shape index (κ1) is 16.5. The predicted molar refractivity (Wildman–Crippen MR) is 97.1 cm³/mol. The summed E-state index contributed by atoms with van der Waals surface area (Å²) < 4.78 is 0. The summed E-state index contributed by atoms with van der Waals surface area (Å²) in [5.74, 6) is 0.141. The fourth-order valence-electron chi connectivity index (χ4n) is 3.25. The number of hydrogen-bond donors (Lipinski definition) is 2. The van der Waals surface area contributed by atoms with Crippen molar-refractivity contribution >= 4 is 11.6 Å². The van der Waals surface area contributed by atoms with E-state index < -0.39 is 0 Å². The second-order valence-electron chi connectivity index (χ2n) is 6.41. The van der Waals surface area contributed by atoms with Crippen molar-refractivity contribution in [2.75, 3.05) is 31.1 Å². The van der Waals surface area contributed by atoms with E-state index in [0.717, 1.165) is 31.7 Å². The summed E-state index contributed by atoms with van der Waals surface area (Å²) >= 11 is 0. The molecule has 0 radical (unpaired) electrons. The van der Waals surface area contributed by atoms with Crippen LogP contribution >= 0.6 is 0 Å². The first-order chi connectivity index (χ1) is 11.7. The number of carbonyl (C=O) groups excluding carboxylic acids is 1. The molecule has 24 heavy (non-hydrogen) atoms. The highest BCUT2D eigenvalue weighted by Gasteiger charge is 2.28. The molecule has 3 rings (SSSR count). The third kappa shape index (κ3) is 4.15. The van der Waals surface area contributed by atoms with Crippen LogP contribution in [0, 0.1) is 0 Å². The van der Waals surface area contributed by atoms with E-state index in [-0.39, 0.29) is 11.9 Å². The molecule has 1 aliphatic heterocycles. The molecule has 0 saturated carbocycles. The maximum atomic E-state index is 12.4. The summed E-state index contributed by atoms with van der Waals surface area (Å²) in [5, 5.41) is 3.07. The second kappa shape index (κ2) is 7.97. The summed E-state index contributed by atoms with van der Waals surface area (Å²) in [7, 11) is 0. The third-order valence-electron chi connectivity index (χ3n) is 4.84. The number of anilines is 1. The molecule has 2 aromatic rings. The Kier molecular flexibility index (Phi) is 5.49. The van der Waals surface area contributed by atoms with Crippen LogP contribution < -0.4 is 15.1 Å². The molecule has 4 heteroatoms. The largest absolute Gasteiger partial charge is 0.360 e. The van der Waals surface area contributed by atoms with Crippen molar-refractivity contribution in [3.8, 4) is 0 Å². The van der Waals surface area contributed by atoms with Crippen LogP contribution in [0.25, 0.3) is 0 Å². The van der Waals surface area contributed by atoms with Gasteiger partial charge in [-0.1, -0.05) is 48.5 Å². The first-order valence-corrected chi connectivity index (χ1v) is 8.70. The summed E-state index contributed by atoms with van der Waals surface area (Å²) in [4.78, 5) is 16.2. The SMILES string of the molecule is C[C@@H](C(=O)NCc1ccccc1)[NH+]1CCN(c2ccccc2)CC1. The predicted octanol–water partition coefficient (Wildman–Crippen LogP) is 1.10. The van der Waals surface area contributed by atoms with Gasteiger partial charge in [-0.3, -0.25) is 4.79 Å². The second-order valence-corrected chi connectivity index (χ2v) is 6.41. The van der Waals surface area contributed by atoms with Crippen LogP contribution in [0.1, 0.15) is 12.5 Å². The molecule has 2 N–H and O–H groups in total. The number of rotatable bonds is 5. The zero-order chi connectivity index (χ0) is 16.8. The van der Waals surface area contributed by atoms with Crippen molar-refractivity contribution in [3.05, 3.63) is 66.2 Å². The zero-order valence-electron chi connectivity index (χ0n) is 14.2. The van der Waals surface area contributed by atoms with Gasteiger partial charge >= 0.3 is 0 Å². The monoisotopic (exact) mass is 324 g/mol. The molecule has 1 heterocycles. The van der Waals surface area contributed by atoms with Gasteiger partial charge in [-0.05, 0) is 24.6 Å². The highest BCUT2D eigenvalue weighted by Crippen LogP contribution is 2.12. The Morgan fingerprint density at radius 1 is 1.04 bits per heavy atom. The topological polar surface area (TPSA) is 36.8 Å². The van der Waals surface area contributed by atoms with Gasteiger partial charge in [-0.25, -0.2) is 0 Å². The van der Waals surface area contributed by atoms with E-state index in [4.69, 9.17) is 0 Å². The summed E-state index contributed by atoms with van der Waals surface area (Å²) in [6.07, 6.45) is 0. The molecule has 0 unspecified atom stereocenters. The van der Waals surface area contributed by atoms with Gasteiger partial charge in [0.15, 0.2) is 6.04 Å². The molecule has 0 aliphatic carbocycles. The Hall–Kier alpha value is -2.33. The number of hydrogen-bond acceptors (Lipinski definition) is 2. The Morgan fingerprint density at radius 3 is 2.25 bits per heavy atom. The Morgan fingerprint density at radius 2 is 1.62 bits per heavy atom. The van der Waals surface area contributed by atoms with Gasteiger partial charge in [-0.15, -0.1) is 0 Å². The van der Waals surface area contributed by atoms with Crippen molar-refractivity contribution in [2.24, 2.45) is 0 Å². The molecule has 1 aliphatic rings. The number of nitrogens with zero attached hydrogens (tertiary/aromatic N) is 1. The van der Waals surface area contributed by atoms with Gasteiger partial charge in [-0.2, -0.15) is 0 Å². The number of quaternary nitrogens is 1. The van der Waals surface area contributed by atoms with E-state index in [1.54, 1.807) is 0 Å². The molecular weight excluding hydrogens is 298 g/mol. The average molecular weight is 324 g/mol. The maximum Gasteiger partial charge on any atom is 0.278 e. The van der Waals surface area contributed by atoms with Crippen molar-refractivity contribution < 1.29 is 9.69 Å². The smallest absolute Gasteiger partial charge is 0.278 e. The fourth-order valence-corrected chi connectivity index (χ4v) is 3.25. The molecule has 4 nitrogen and oxygen atoms in total. The number of para-hydroxylation sites is 1. The minimum absolute atomic E-state index is 0.00774. The van der Waals surface area contributed by atoms with Crippen LogP contribution in [-0.4, -0.2) is 38.1 Å². The van der Waals surface area contributed by atoms with Crippen LogP contribution in [0.4, 0.5) is 5.69 Å². The van der Waals surface area contributed by atoms with Gasteiger partial charge in [0.1, 0.15) is 0 Å². The molecule has 1 fully saturated rings.